The van der Waals surface area contributed by atoms with Crippen molar-refractivity contribution in [1.29, 1.82) is 10.5 Å². The molecule has 0 bridgehead atoms. The highest BCUT2D eigenvalue weighted by atomic mass is 15.0. The summed E-state index contributed by atoms with van der Waals surface area (Å²) in [6, 6.07) is 84.4. The maximum Gasteiger partial charge on any atom is 0.160 e. The number of nitriles is 2. The lowest BCUT2D eigenvalue weighted by atomic mass is 9.99. The number of hydrogen-bond acceptors (Lipinski definition) is 6. The van der Waals surface area contributed by atoms with Crippen LogP contribution in [0, 0.1) is 22.7 Å². The summed E-state index contributed by atoms with van der Waals surface area (Å²) in [5.74, 6) is 1.22. The lowest BCUT2D eigenvalue weighted by molar-refractivity contribution is 1.15. The van der Waals surface area contributed by atoms with Gasteiger partial charge in [0.05, 0.1) is 62.8 Å². The fourth-order valence-electron chi connectivity index (χ4n) is 9.40. The van der Waals surface area contributed by atoms with E-state index in [2.05, 4.69) is 108 Å². The SMILES string of the molecule is N#Cc1cccc(-c2ccc3c4ccc(-c5cccc(C#N)c5)cc4n(-c4ccc(-c5cc(-c6ccccc6)nc(-c6ccccc6)n5)cc4-c4cc(-c5ccccc5)nc(-c5ccccc5)n4)c3c2)c1. The first-order chi connectivity index (χ1) is 35.1. The molecule has 0 aliphatic heterocycles. The number of benzene rings is 9. The van der Waals surface area contributed by atoms with Crippen molar-refractivity contribution in [3.05, 3.63) is 248 Å². The van der Waals surface area contributed by atoms with E-state index in [-0.39, 0.29) is 0 Å². The van der Waals surface area contributed by atoms with E-state index >= 15 is 0 Å². The highest BCUT2D eigenvalue weighted by molar-refractivity contribution is 6.12. The van der Waals surface area contributed by atoms with E-state index < -0.39 is 0 Å². The van der Waals surface area contributed by atoms with Gasteiger partial charge in [-0.15, -0.1) is 0 Å². The molecule has 9 aromatic carbocycles. The van der Waals surface area contributed by atoms with E-state index in [1.165, 1.54) is 0 Å². The molecule has 0 fully saturated rings. The molecule has 71 heavy (non-hydrogen) atoms. The molecule has 3 heterocycles. The van der Waals surface area contributed by atoms with Crippen molar-refractivity contribution in [2.75, 3.05) is 0 Å². The summed E-state index contributed by atoms with van der Waals surface area (Å²) in [7, 11) is 0. The maximum absolute atomic E-state index is 9.91. The van der Waals surface area contributed by atoms with Crippen LogP contribution in [0.4, 0.5) is 0 Å². The molecule has 0 spiro atoms. The van der Waals surface area contributed by atoms with Crippen LogP contribution >= 0.6 is 0 Å². The van der Waals surface area contributed by atoms with Gasteiger partial charge in [0.2, 0.25) is 0 Å². The predicted molar refractivity (Wildman–Crippen MR) is 285 cm³/mol. The lowest BCUT2D eigenvalue weighted by Crippen LogP contribution is -2.02. The van der Waals surface area contributed by atoms with Crippen LogP contribution in [0.1, 0.15) is 11.1 Å². The Kier molecular flexibility index (Phi) is 10.8. The Hall–Kier alpha value is -10.1. The van der Waals surface area contributed by atoms with Gasteiger partial charge in [0.1, 0.15) is 0 Å². The second-order valence-corrected chi connectivity index (χ2v) is 17.3. The van der Waals surface area contributed by atoms with Gasteiger partial charge in [-0.1, -0.05) is 176 Å². The number of fused-ring (bicyclic) bond motifs is 3. The van der Waals surface area contributed by atoms with Gasteiger partial charge >= 0.3 is 0 Å². The highest BCUT2D eigenvalue weighted by Gasteiger charge is 2.22. The van der Waals surface area contributed by atoms with E-state index in [1.807, 2.05) is 146 Å². The largest absolute Gasteiger partial charge is 0.309 e. The van der Waals surface area contributed by atoms with Gasteiger partial charge in [0.25, 0.3) is 0 Å². The first kappa shape index (κ1) is 42.3. The summed E-state index contributed by atoms with van der Waals surface area (Å²) in [5.41, 5.74) is 16.4. The van der Waals surface area contributed by atoms with Gasteiger partial charge in [-0.05, 0) is 82.9 Å². The van der Waals surface area contributed by atoms with Crippen molar-refractivity contribution in [3.8, 4) is 108 Å². The monoisotopic (exact) mass is 905 g/mol. The van der Waals surface area contributed by atoms with E-state index in [4.69, 9.17) is 19.9 Å². The molecule has 0 radical (unpaired) electrons. The molecule has 0 aliphatic carbocycles. The third-order valence-corrected chi connectivity index (χ3v) is 12.9. The molecule has 3 aromatic heterocycles. The molecule has 0 atom stereocenters. The Balaban J connectivity index is 1.18. The summed E-state index contributed by atoms with van der Waals surface area (Å²) in [6.45, 7) is 0. The molecular formula is C64H39N7. The van der Waals surface area contributed by atoms with Gasteiger partial charge < -0.3 is 4.57 Å². The molecule has 0 N–H and O–H groups in total. The molecule has 0 saturated heterocycles. The van der Waals surface area contributed by atoms with Crippen molar-refractivity contribution in [3.63, 3.8) is 0 Å². The minimum absolute atomic E-state index is 0.591. The molecule has 0 aliphatic rings. The molecule has 12 aromatic rings. The van der Waals surface area contributed by atoms with Crippen LogP contribution in [0.15, 0.2) is 237 Å². The first-order valence-corrected chi connectivity index (χ1v) is 23.3. The molecule has 0 unspecified atom stereocenters. The molecule has 0 amide bonds. The lowest BCUT2D eigenvalue weighted by Gasteiger charge is -2.18. The summed E-state index contributed by atoms with van der Waals surface area (Å²) in [6.07, 6.45) is 0. The molecule has 7 nitrogen and oxygen atoms in total. The van der Waals surface area contributed by atoms with E-state index in [0.29, 0.717) is 22.8 Å². The maximum atomic E-state index is 9.91. The molecule has 12 rings (SSSR count). The minimum atomic E-state index is 0.591. The van der Waals surface area contributed by atoms with E-state index in [0.717, 1.165) is 106 Å². The quantitative estimate of drug-likeness (QED) is 0.143. The van der Waals surface area contributed by atoms with Gasteiger partial charge in [-0.25, -0.2) is 19.9 Å². The van der Waals surface area contributed by atoms with Crippen LogP contribution in [0.5, 0.6) is 0 Å². The Morgan fingerprint density at radius 2 is 0.676 bits per heavy atom. The summed E-state index contributed by atoms with van der Waals surface area (Å²) < 4.78 is 2.33. The fraction of sp³-hybridized carbons (Fsp3) is 0. The van der Waals surface area contributed by atoms with Crippen LogP contribution in [-0.2, 0) is 0 Å². The van der Waals surface area contributed by atoms with Crippen LogP contribution in [0.3, 0.4) is 0 Å². The number of nitrogens with zero attached hydrogens (tertiary/aromatic N) is 7. The van der Waals surface area contributed by atoms with Crippen molar-refractivity contribution in [1.82, 2.24) is 24.5 Å². The van der Waals surface area contributed by atoms with Crippen molar-refractivity contribution in [2.24, 2.45) is 0 Å². The van der Waals surface area contributed by atoms with Crippen LogP contribution in [0.25, 0.3) is 118 Å². The summed E-state index contributed by atoms with van der Waals surface area (Å²) in [4.78, 5) is 21.0. The van der Waals surface area contributed by atoms with E-state index in [1.54, 1.807) is 0 Å². The summed E-state index contributed by atoms with van der Waals surface area (Å²) >= 11 is 0. The van der Waals surface area contributed by atoms with Gasteiger partial charge in [0.15, 0.2) is 11.6 Å². The van der Waals surface area contributed by atoms with Gasteiger partial charge in [0, 0.05) is 44.2 Å². The third-order valence-electron chi connectivity index (χ3n) is 12.9. The zero-order valence-electron chi connectivity index (χ0n) is 38.1. The van der Waals surface area contributed by atoms with Crippen LogP contribution < -0.4 is 0 Å². The average Bonchev–Trinajstić information content (AvgIpc) is 3.78. The zero-order valence-corrected chi connectivity index (χ0v) is 38.1. The molecule has 330 valence electrons. The van der Waals surface area contributed by atoms with Crippen molar-refractivity contribution >= 4 is 21.8 Å². The Bertz CT molecular complexity index is 3830. The second kappa shape index (κ2) is 18.2. The smallest absolute Gasteiger partial charge is 0.160 e. The average molecular weight is 906 g/mol. The Morgan fingerprint density at radius 3 is 1.14 bits per heavy atom. The fourth-order valence-corrected chi connectivity index (χ4v) is 9.40. The normalized spacial score (nSPS) is 11.1. The topological polar surface area (TPSA) is 104 Å². The Labute approximate surface area is 410 Å². The zero-order chi connectivity index (χ0) is 47.7. The van der Waals surface area contributed by atoms with Crippen LogP contribution in [-0.4, -0.2) is 24.5 Å². The Morgan fingerprint density at radius 1 is 0.296 bits per heavy atom. The van der Waals surface area contributed by atoms with Crippen LogP contribution in [0.2, 0.25) is 0 Å². The van der Waals surface area contributed by atoms with Gasteiger partial charge in [-0.3, -0.25) is 0 Å². The summed E-state index contributed by atoms with van der Waals surface area (Å²) in [5, 5.41) is 21.9. The predicted octanol–water partition coefficient (Wildman–Crippen LogP) is 15.4. The van der Waals surface area contributed by atoms with E-state index in [9.17, 15) is 10.5 Å². The standard InChI is InChI=1S/C64H39N7/c65-40-42-15-13-25-48(33-42)50-27-30-53-54-31-28-51(49-26-14-16-43(34-49)41-66)37-62(54)71(61(53)36-50)60-32-29-52(58-38-56(44-17-5-1-6-18-44)67-63(69-58)46-21-9-3-10-22-46)35-55(60)59-39-57(45-19-7-2-8-20-45)68-64(70-59)47-23-11-4-12-24-47/h1-39H. The van der Waals surface area contributed by atoms with Gasteiger partial charge in [-0.2, -0.15) is 10.5 Å². The number of rotatable bonds is 9. The second-order valence-electron chi connectivity index (χ2n) is 17.3. The molecule has 7 heteroatoms. The third kappa shape index (κ3) is 8.16. The highest BCUT2D eigenvalue weighted by Crippen LogP contribution is 2.42. The number of hydrogen-bond donors (Lipinski definition) is 0. The minimum Gasteiger partial charge on any atom is -0.309 e. The van der Waals surface area contributed by atoms with Crippen molar-refractivity contribution < 1.29 is 0 Å². The molecular weight excluding hydrogens is 867 g/mol. The van der Waals surface area contributed by atoms with Crippen molar-refractivity contribution in [2.45, 2.75) is 0 Å². The molecule has 0 saturated carbocycles. The number of aromatic nitrogens is 5. The first-order valence-electron chi connectivity index (χ1n) is 23.3.